The lowest BCUT2D eigenvalue weighted by Gasteiger charge is -2.33. The molecule has 220 valence electrons. The number of nitrogens with zero attached hydrogens (tertiary/aromatic N) is 2. The largest absolute Gasteiger partial charge is 0.354 e. The summed E-state index contributed by atoms with van der Waals surface area (Å²) in [6.07, 6.45) is 2.03. The molecule has 3 aromatic carbocycles. The predicted molar refractivity (Wildman–Crippen MR) is 166 cm³/mol. The number of rotatable bonds is 13. The Morgan fingerprint density at radius 3 is 2.24 bits per heavy atom. The minimum absolute atomic E-state index is 0.000771. The minimum atomic E-state index is -4.13. The molecule has 0 aliphatic heterocycles. The Balaban J connectivity index is 2.06. The molecule has 0 heterocycles. The lowest BCUT2D eigenvalue weighted by molar-refractivity contribution is -0.140. The van der Waals surface area contributed by atoms with Gasteiger partial charge in [0.1, 0.15) is 12.6 Å². The number of hydrogen-bond donors (Lipinski definition) is 1. The fourth-order valence-corrected chi connectivity index (χ4v) is 6.28. The number of anilines is 1. The highest BCUT2D eigenvalue weighted by molar-refractivity contribution is 7.92. The van der Waals surface area contributed by atoms with Crippen LogP contribution >= 0.6 is 23.2 Å². The van der Waals surface area contributed by atoms with Gasteiger partial charge in [-0.25, -0.2) is 8.42 Å². The summed E-state index contributed by atoms with van der Waals surface area (Å²) in [5.41, 5.74) is 2.69. The molecule has 0 aliphatic rings. The summed E-state index contributed by atoms with van der Waals surface area (Å²) >= 11 is 12.6. The maximum Gasteiger partial charge on any atom is 0.264 e. The highest BCUT2D eigenvalue weighted by Gasteiger charge is 2.34. The van der Waals surface area contributed by atoms with E-state index in [1.165, 1.54) is 17.0 Å². The van der Waals surface area contributed by atoms with E-state index in [1.54, 1.807) is 48.5 Å². The zero-order chi connectivity index (χ0) is 30.2. The van der Waals surface area contributed by atoms with Crippen molar-refractivity contribution in [1.29, 1.82) is 0 Å². The normalized spacial score (nSPS) is 12.0. The highest BCUT2D eigenvalue weighted by Crippen LogP contribution is 2.27. The Morgan fingerprint density at radius 2 is 1.63 bits per heavy atom. The van der Waals surface area contributed by atoms with E-state index < -0.39 is 28.5 Å². The number of benzene rings is 3. The maximum atomic E-state index is 14.1. The summed E-state index contributed by atoms with van der Waals surface area (Å²) in [7, 11) is -4.13. The number of aryl methyl sites for hydroxylation is 2. The van der Waals surface area contributed by atoms with Crippen molar-refractivity contribution in [1.82, 2.24) is 10.2 Å². The van der Waals surface area contributed by atoms with Gasteiger partial charge in [0, 0.05) is 23.1 Å². The van der Waals surface area contributed by atoms with E-state index in [0.29, 0.717) is 34.3 Å². The van der Waals surface area contributed by atoms with Crippen LogP contribution in [0.15, 0.2) is 71.6 Å². The molecule has 10 heteroatoms. The second-order valence-corrected chi connectivity index (χ2v) is 12.7. The van der Waals surface area contributed by atoms with Crippen LogP contribution in [0.4, 0.5) is 5.69 Å². The van der Waals surface area contributed by atoms with Gasteiger partial charge in [-0.3, -0.25) is 13.9 Å². The molecule has 0 bridgehead atoms. The highest BCUT2D eigenvalue weighted by atomic mass is 35.5. The number of amides is 2. The fourth-order valence-electron chi connectivity index (χ4n) is 4.41. The Bertz CT molecular complexity index is 1460. The standard InChI is InChI=1S/C31H37Cl2N3O4S/c1-5-7-17-34-31(38)29(6-2)35(20-24-13-14-25(32)19-28(24)33)30(37)21-36(26-10-8-9-23(4)18-26)41(39,40)27-15-11-22(3)12-16-27/h8-16,18-19,29H,5-7,17,20-21H2,1-4H3,(H,34,38). The summed E-state index contributed by atoms with van der Waals surface area (Å²) in [5, 5.41) is 3.70. The van der Waals surface area contributed by atoms with Gasteiger partial charge in [-0.15, -0.1) is 0 Å². The van der Waals surface area contributed by atoms with Crippen LogP contribution in [0.3, 0.4) is 0 Å². The Kier molecular flexibility index (Phi) is 11.6. The molecule has 0 spiro atoms. The van der Waals surface area contributed by atoms with E-state index in [4.69, 9.17) is 23.2 Å². The van der Waals surface area contributed by atoms with Crippen LogP contribution in [0.5, 0.6) is 0 Å². The van der Waals surface area contributed by atoms with E-state index >= 15 is 0 Å². The first-order valence-electron chi connectivity index (χ1n) is 13.6. The number of carbonyl (C=O) groups is 2. The summed E-state index contributed by atoms with van der Waals surface area (Å²) in [6.45, 7) is 7.53. The van der Waals surface area contributed by atoms with Crippen LogP contribution in [0.2, 0.25) is 10.0 Å². The third-order valence-electron chi connectivity index (χ3n) is 6.75. The van der Waals surface area contributed by atoms with Crippen LogP contribution in [0.1, 0.15) is 49.8 Å². The summed E-state index contributed by atoms with van der Waals surface area (Å²) < 4.78 is 29.0. The van der Waals surface area contributed by atoms with E-state index in [0.717, 1.165) is 28.3 Å². The van der Waals surface area contributed by atoms with Crippen molar-refractivity contribution in [2.75, 3.05) is 17.4 Å². The van der Waals surface area contributed by atoms with E-state index in [1.807, 2.05) is 33.8 Å². The molecule has 0 aromatic heterocycles. The summed E-state index contributed by atoms with van der Waals surface area (Å²) in [5.74, 6) is -0.839. The van der Waals surface area contributed by atoms with Gasteiger partial charge < -0.3 is 10.2 Å². The number of sulfonamides is 1. The van der Waals surface area contributed by atoms with Crippen molar-refractivity contribution in [3.05, 3.63) is 93.5 Å². The van der Waals surface area contributed by atoms with Gasteiger partial charge >= 0.3 is 0 Å². The van der Waals surface area contributed by atoms with Crippen molar-refractivity contribution in [3.63, 3.8) is 0 Å². The van der Waals surface area contributed by atoms with Gasteiger partial charge in [0.25, 0.3) is 10.0 Å². The SMILES string of the molecule is CCCCNC(=O)C(CC)N(Cc1ccc(Cl)cc1Cl)C(=O)CN(c1cccc(C)c1)S(=O)(=O)c1ccc(C)cc1. The number of halogens is 2. The predicted octanol–water partition coefficient (Wildman–Crippen LogP) is 6.53. The molecule has 0 fully saturated rings. The lowest BCUT2D eigenvalue weighted by Crippen LogP contribution is -2.52. The molecular formula is C31H37Cl2N3O4S. The molecule has 0 aliphatic carbocycles. The molecule has 41 heavy (non-hydrogen) atoms. The summed E-state index contributed by atoms with van der Waals surface area (Å²) in [4.78, 5) is 28.9. The third-order valence-corrected chi connectivity index (χ3v) is 9.12. The van der Waals surface area contributed by atoms with E-state index in [9.17, 15) is 18.0 Å². The van der Waals surface area contributed by atoms with Crippen molar-refractivity contribution in [3.8, 4) is 0 Å². The van der Waals surface area contributed by atoms with Crippen LogP contribution in [0.25, 0.3) is 0 Å². The molecule has 0 saturated heterocycles. The molecule has 2 amide bonds. The van der Waals surface area contributed by atoms with Crippen molar-refractivity contribution < 1.29 is 18.0 Å². The van der Waals surface area contributed by atoms with E-state index in [-0.39, 0.29) is 17.3 Å². The Labute approximate surface area is 253 Å². The second-order valence-electron chi connectivity index (χ2n) is 9.99. The first-order chi connectivity index (χ1) is 19.5. The topological polar surface area (TPSA) is 86.8 Å². The smallest absolute Gasteiger partial charge is 0.264 e. The van der Waals surface area contributed by atoms with Gasteiger partial charge in [0.2, 0.25) is 11.8 Å². The van der Waals surface area contributed by atoms with Gasteiger partial charge in [-0.1, -0.05) is 79.4 Å². The molecule has 3 aromatic rings. The summed E-state index contributed by atoms with van der Waals surface area (Å²) in [6, 6.07) is 17.5. The van der Waals surface area contributed by atoms with Gasteiger partial charge in [0.05, 0.1) is 10.6 Å². The average molecular weight is 619 g/mol. The van der Waals surface area contributed by atoms with Gasteiger partial charge in [-0.2, -0.15) is 0 Å². The van der Waals surface area contributed by atoms with Gasteiger partial charge in [-0.05, 0) is 74.2 Å². The van der Waals surface area contributed by atoms with Crippen LogP contribution < -0.4 is 9.62 Å². The quantitative estimate of drug-likeness (QED) is 0.221. The first kappa shape index (κ1) is 32.4. The van der Waals surface area contributed by atoms with Crippen LogP contribution in [-0.4, -0.2) is 44.3 Å². The lowest BCUT2D eigenvalue weighted by atomic mass is 10.1. The molecule has 1 N–H and O–H groups in total. The van der Waals surface area contributed by atoms with Crippen molar-refractivity contribution >= 4 is 50.7 Å². The zero-order valence-electron chi connectivity index (χ0n) is 23.9. The fraction of sp³-hybridized carbons (Fsp3) is 0.355. The molecule has 1 unspecified atom stereocenters. The van der Waals surface area contributed by atoms with Crippen molar-refractivity contribution in [2.24, 2.45) is 0 Å². The molecular weight excluding hydrogens is 581 g/mol. The molecule has 0 saturated carbocycles. The second kappa shape index (κ2) is 14.7. The molecule has 1 atom stereocenters. The van der Waals surface area contributed by atoms with Crippen molar-refractivity contribution in [2.45, 2.75) is 64.4 Å². The Morgan fingerprint density at radius 1 is 0.927 bits per heavy atom. The van der Waals surface area contributed by atoms with Crippen LogP contribution in [-0.2, 0) is 26.2 Å². The van der Waals surface area contributed by atoms with Gasteiger partial charge in [0.15, 0.2) is 0 Å². The van der Waals surface area contributed by atoms with Crippen LogP contribution in [0, 0.1) is 13.8 Å². The maximum absolute atomic E-state index is 14.1. The number of hydrogen-bond acceptors (Lipinski definition) is 4. The average Bonchev–Trinajstić information content (AvgIpc) is 2.93. The minimum Gasteiger partial charge on any atom is -0.354 e. The van der Waals surface area contributed by atoms with E-state index in [2.05, 4.69) is 5.32 Å². The Hall–Kier alpha value is -3.07. The zero-order valence-corrected chi connectivity index (χ0v) is 26.2. The monoisotopic (exact) mass is 617 g/mol. The molecule has 7 nitrogen and oxygen atoms in total. The number of nitrogens with one attached hydrogen (secondary N) is 1. The third kappa shape index (κ3) is 8.47. The first-order valence-corrected chi connectivity index (χ1v) is 15.8. The molecule has 3 rings (SSSR count). The molecule has 0 radical (unpaired) electrons. The number of unbranched alkanes of at least 4 members (excludes halogenated alkanes) is 1. The number of carbonyl (C=O) groups excluding carboxylic acids is 2.